The zero-order valence-corrected chi connectivity index (χ0v) is 13.3. The summed E-state index contributed by atoms with van der Waals surface area (Å²) in [6, 6.07) is 5.22. The van der Waals surface area contributed by atoms with Gasteiger partial charge in [0.25, 0.3) is 5.91 Å². The van der Waals surface area contributed by atoms with E-state index < -0.39 is 0 Å². The predicted octanol–water partition coefficient (Wildman–Crippen LogP) is 3.76. The van der Waals surface area contributed by atoms with Crippen LogP contribution in [0.1, 0.15) is 62.7 Å². The Balaban J connectivity index is 2.44. The van der Waals surface area contributed by atoms with E-state index in [9.17, 15) is 4.79 Å². The second-order valence-electron chi connectivity index (χ2n) is 5.27. The van der Waals surface area contributed by atoms with E-state index in [0.29, 0.717) is 30.2 Å². The Bertz CT molecular complexity index is 433. The van der Waals surface area contributed by atoms with Crippen molar-refractivity contribution >= 4 is 11.6 Å². The van der Waals surface area contributed by atoms with E-state index in [1.807, 2.05) is 0 Å². The van der Waals surface area contributed by atoms with Crippen LogP contribution in [0.25, 0.3) is 0 Å². The third kappa shape index (κ3) is 6.52. The second kappa shape index (κ2) is 10.1. The van der Waals surface area contributed by atoms with Gasteiger partial charge in [-0.1, -0.05) is 39.5 Å². The first-order valence-electron chi connectivity index (χ1n) is 7.99. The normalized spacial score (nSPS) is 10.4. The highest BCUT2D eigenvalue weighted by atomic mass is 16.5. The molecule has 0 saturated heterocycles. The minimum atomic E-state index is -0.0710. The monoisotopic (exact) mass is 292 g/mol. The average Bonchev–Trinajstić information content (AvgIpc) is 2.48. The van der Waals surface area contributed by atoms with E-state index in [2.05, 4.69) is 19.2 Å². The molecule has 1 aromatic rings. The molecule has 3 N–H and O–H groups in total. The predicted molar refractivity (Wildman–Crippen MR) is 87.7 cm³/mol. The van der Waals surface area contributed by atoms with Crippen LogP contribution in [0.5, 0.6) is 5.75 Å². The molecule has 0 aliphatic carbocycles. The Hall–Kier alpha value is -1.71. The number of hydrogen-bond acceptors (Lipinski definition) is 3. The highest BCUT2D eigenvalue weighted by molar-refractivity contribution is 5.95. The number of carbonyl (C=O) groups is 1. The molecular formula is C17H28N2O2. The molecule has 0 aromatic heterocycles. The molecule has 1 amide bonds. The largest absolute Gasteiger partial charge is 0.491 e. The fourth-order valence-electron chi connectivity index (χ4n) is 2.00. The van der Waals surface area contributed by atoms with Crippen molar-refractivity contribution in [3.63, 3.8) is 0 Å². The molecule has 21 heavy (non-hydrogen) atoms. The maximum Gasteiger partial charge on any atom is 0.251 e. The summed E-state index contributed by atoms with van der Waals surface area (Å²) < 4.78 is 5.58. The summed E-state index contributed by atoms with van der Waals surface area (Å²) in [6.45, 7) is 5.66. The molecule has 0 unspecified atom stereocenters. The van der Waals surface area contributed by atoms with Crippen molar-refractivity contribution in [3.8, 4) is 5.75 Å². The molecule has 4 heteroatoms. The van der Waals surface area contributed by atoms with E-state index in [-0.39, 0.29) is 5.91 Å². The summed E-state index contributed by atoms with van der Waals surface area (Å²) in [4.78, 5) is 12.0. The quantitative estimate of drug-likeness (QED) is 0.510. The van der Waals surface area contributed by atoms with E-state index >= 15 is 0 Å². The Labute approximate surface area is 128 Å². The van der Waals surface area contributed by atoms with Gasteiger partial charge in [-0.25, -0.2) is 0 Å². The molecule has 0 atom stereocenters. The van der Waals surface area contributed by atoms with Crippen LogP contribution in [0, 0.1) is 0 Å². The number of hydrogen-bond donors (Lipinski definition) is 2. The van der Waals surface area contributed by atoms with Gasteiger partial charge >= 0.3 is 0 Å². The SMILES string of the molecule is CCCCCCNC(=O)c1ccc(OCCCC)c(N)c1. The Morgan fingerprint density at radius 2 is 1.90 bits per heavy atom. The van der Waals surface area contributed by atoms with Gasteiger partial charge in [-0.3, -0.25) is 4.79 Å². The van der Waals surface area contributed by atoms with E-state index in [1.165, 1.54) is 12.8 Å². The maximum absolute atomic E-state index is 12.0. The number of nitrogens with two attached hydrogens (primary N) is 1. The first-order chi connectivity index (χ1) is 10.2. The van der Waals surface area contributed by atoms with Crippen molar-refractivity contribution in [3.05, 3.63) is 23.8 Å². The van der Waals surface area contributed by atoms with Gasteiger partial charge in [-0.2, -0.15) is 0 Å². The zero-order chi connectivity index (χ0) is 15.5. The molecule has 1 aromatic carbocycles. The molecular weight excluding hydrogens is 264 g/mol. The Morgan fingerprint density at radius 3 is 2.57 bits per heavy atom. The van der Waals surface area contributed by atoms with Crippen LogP contribution in [-0.2, 0) is 0 Å². The van der Waals surface area contributed by atoms with Crippen LogP contribution in [0.4, 0.5) is 5.69 Å². The molecule has 0 fully saturated rings. The van der Waals surface area contributed by atoms with Gasteiger partial charge in [-0.15, -0.1) is 0 Å². The van der Waals surface area contributed by atoms with Crippen molar-refractivity contribution in [1.29, 1.82) is 0 Å². The first-order valence-corrected chi connectivity index (χ1v) is 7.99. The number of carbonyl (C=O) groups excluding carboxylic acids is 1. The van der Waals surface area contributed by atoms with Gasteiger partial charge in [-0.05, 0) is 31.0 Å². The molecule has 118 valence electrons. The molecule has 0 aliphatic heterocycles. The van der Waals surface area contributed by atoms with E-state index in [4.69, 9.17) is 10.5 Å². The summed E-state index contributed by atoms with van der Waals surface area (Å²) in [5.74, 6) is 0.584. The van der Waals surface area contributed by atoms with Gasteiger partial charge in [0.2, 0.25) is 0 Å². The maximum atomic E-state index is 12.0. The fourth-order valence-corrected chi connectivity index (χ4v) is 2.00. The van der Waals surface area contributed by atoms with Gasteiger partial charge in [0, 0.05) is 12.1 Å². The fraction of sp³-hybridized carbons (Fsp3) is 0.588. The lowest BCUT2D eigenvalue weighted by Gasteiger charge is -2.10. The van der Waals surface area contributed by atoms with E-state index in [0.717, 1.165) is 25.7 Å². The van der Waals surface area contributed by atoms with Crippen molar-refractivity contribution in [1.82, 2.24) is 5.32 Å². The third-order valence-corrected chi connectivity index (χ3v) is 3.34. The third-order valence-electron chi connectivity index (χ3n) is 3.34. The van der Waals surface area contributed by atoms with E-state index in [1.54, 1.807) is 18.2 Å². The standard InChI is InChI=1S/C17H28N2O2/c1-3-5-7-8-11-19-17(20)14-9-10-16(15(18)13-14)21-12-6-4-2/h9-10,13H,3-8,11-12,18H2,1-2H3,(H,19,20). The lowest BCUT2D eigenvalue weighted by molar-refractivity contribution is 0.0953. The molecule has 0 saturated carbocycles. The number of rotatable bonds is 10. The highest BCUT2D eigenvalue weighted by Gasteiger charge is 2.08. The molecule has 4 nitrogen and oxygen atoms in total. The first kappa shape index (κ1) is 17.3. The van der Waals surface area contributed by atoms with Gasteiger partial charge in [0.15, 0.2) is 0 Å². The molecule has 0 aliphatic rings. The van der Waals surface area contributed by atoms with Gasteiger partial charge in [0.05, 0.1) is 12.3 Å². The summed E-state index contributed by atoms with van der Waals surface area (Å²) in [5, 5.41) is 2.92. The summed E-state index contributed by atoms with van der Waals surface area (Å²) in [5.41, 5.74) is 7.04. The Kier molecular flexibility index (Phi) is 8.32. The number of amides is 1. The zero-order valence-electron chi connectivity index (χ0n) is 13.3. The average molecular weight is 292 g/mol. The number of nitrogen functional groups attached to an aromatic ring is 1. The Morgan fingerprint density at radius 1 is 1.14 bits per heavy atom. The van der Waals surface area contributed by atoms with Crippen LogP contribution in [-0.4, -0.2) is 19.1 Å². The van der Waals surface area contributed by atoms with Crippen LogP contribution in [0.15, 0.2) is 18.2 Å². The highest BCUT2D eigenvalue weighted by Crippen LogP contribution is 2.22. The van der Waals surface area contributed by atoms with Crippen LogP contribution in [0.2, 0.25) is 0 Å². The van der Waals surface area contributed by atoms with Crippen LogP contribution in [0.3, 0.4) is 0 Å². The van der Waals surface area contributed by atoms with Crippen molar-refractivity contribution in [2.45, 2.75) is 52.4 Å². The lowest BCUT2D eigenvalue weighted by Crippen LogP contribution is -2.24. The topological polar surface area (TPSA) is 64.3 Å². The van der Waals surface area contributed by atoms with Crippen LogP contribution < -0.4 is 15.8 Å². The van der Waals surface area contributed by atoms with Crippen molar-refractivity contribution in [2.24, 2.45) is 0 Å². The summed E-state index contributed by atoms with van der Waals surface area (Å²) in [6.07, 6.45) is 6.67. The van der Waals surface area contributed by atoms with Gasteiger partial charge in [0.1, 0.15) is 5.75 Å². The van der Waals surface area contributed by atoms with Gasteiger partial charge < -0.3 is 15.8 Å². The summed E-state index contributed by atoms with van der Waals surface area (Å²) in [7, 11) is 0. The van der Waals surface area contributed by atoms with Crippen LogP contribution >= 0.6 is 0 Å². The number of ether oxygens (including phenoxy) is 1. The molecule has 0 heterocycles. The minimum absolute atomic E-state index is 0.0710. The minimum Gasteiger partial charge on any atom is -0.491 e. The second-order valence-corrected chi connectivity index (χ2v) is 5.27. The lowest BCUT2D eigenvalue weighted by atomic mass is 10.1. The number of unbranched alkanes of at least 4 members (excludes halogenated alkanes) is 4. The van der Waals surface area contributed by atoms with Crippen molar-refractivity contribution < 1.29 is 9.53 Å². The summed E-state index contributed by atoms with van der Waals surface area (Å²) >= 11 is 0. The molecule has 0 radical (unpaired) electrons. The molecule has 0 spiro atoms. The molecule has 1 rings (SSSR count). The molecule has 0 bridgehead atoms. The smallest absolute Gasteiger partial charge is 0.251 e. The number of nitrogens with one attached hydrogen (secondary N) is 1. The van der Waals surface area contributed by atoms with Crippen molar-refractivity contribution in [2.75, 3.05) is 18.9 Å². The number of anilines is 1. The number of benzene rings is 1.